The van der Waals surface area contributed by atoms with Crippen molar-refractivity contribution in [3.05, 3.63) is 33.8 Å². The fourth-order valence-electron chi connectivity index (χ4n) is 1.80. The van der Waals surface area contributed by atoms with Crippen molar-refractivity contribution in [3.8, 4) is 0 Å². The van der Waals surface area contributed by atoms with Crippen molar-refractivity contribution in [1.29, 1.82) is 0 Å². The summed E-state index contributed by atoms with van der Waals surface area (Å²) >= 11 is 3.27. The predicted octanol–water partition coefficient (Wildman–Crippen LogP) is 4.56. The van der Waals surface area contributed by atoms with E-state index >= 15 is 0 Å². The van der Waals surface area contributed by atoms with Crippen molar-refractivity contribution >= 4 is 21.8 Å². The molecule has 0 aliphatic carbocycles. The molecule has 0 atom stereocenters. The van der Waals surface area contributed by atoms with Crippen LogP contribution in [0.15, 0.2) is 22.7 Å². The van der Waals surface area contributed by atoms with Crippen LogP contribution < -0.4 is 0 Å². The van der Waals surface area contributed by atoms with Gasteiger partial charge in [0.15, 0.2) is 0 Å². The van der Waals surface area contributed by atoms with Crippen LogP contribution in [-0.2, 0) is 0 Å². The van der Waals surface area contributed by atoms with Crippen LogP contribution in [0.3, 0.4) is 0 Å². The van der Waals surface area contributed by atoms with E-state index < -0.39 is 18.6 Å². The van der Waals surface area contributed by atoms with Crippen LogP contribution in [0, 0.1) is 6.92 Å². The first-order valence-corrected chi connectivity index (χ1v) is 7.16. The van der Waals surface area contributed by atoms with Gasteiger partial charge in [0.1, 0.15) is 6.54 Å². The highest BCUT2D eigenvalue weighted by Gasteiger charge is 2.33. The lowest BCUT2D eigenvalue weighted by Gasteiger charge is -2.24. The quantitative estimate of drug-likeness (QED) is 0.761. The Balaban J connectivity index is 3.00. The minimum atomic E-state index is -4.39. The molecule has 0 aliphatic rings. The van der Waals surface area contributed by atoms with Gasteiger partial charge in [0.05, 0.1) is 5.56 Å². The molecule has 0 unspecified atom stereocenters. The number of amides is 1. The molecular formula is C14H17BrF3NO. The smallest absolute Gasteiger partial charge is 0.330 e. The summed E-state index contributed by atoms with van der Waals surface area (Å²) in [4.78, 5) is 13.2. The molecule has 1 amide bonds. The molecular weight excluding hydrogens is 335 g/mol. The molecule has 6 heteroatoms. The molecule has 0 saturated carbocycles. The van der Waals surface area contributed by atoms with Crippen LogP contribution in [0.25, 0.3) is 0 Å². The zero-order valence-corrected chi connectivity index (χ0v) is 13.0. The molecule has 112 valence electrons. The second-order valence-corrected chi connectivity index (χ2v) is 5.42. The molecule has 0 bridgehead atoms. The Labute approximate surface area is 125 Å². The van der Waals surface area contributed by atoms with E-state index in [0.29, 0.717) is 10.9 Å². The van der Waals surface area contributed by atoms with E-state index in [0.717, 1.165) is 16.9 Å². The van der Waals surface area contributed by atoms with Gasteiger partial charge in [-0.1, -0.05) is 25.5 Å². The molecule has 0 radical (unpaired) electrons. The van der Waals surface area contributed by atoms with E-state index in [9.17, 15) is 18.0 Å². The van der Waals surface area contributed by atoms with Crippen LogP contribution in [-0.4, -0.2) is 30.1 Å². The van der Waals surface area contributed by atoms with Crippen LogP contribution in [0.4, 0.5) is 13.2 Å². The number of unbranched alkanes of at least 4 members (excludes halogenated alkanes) is 1. The summed E-state index contributed by atoms with van der Waals surface area (Å²) in [5.41, 5.74) is 1.09. The summed E-state index contributed by atoms with van der Waals surface area (Å²) < 4.78 is 38.3. The number of hydrogen-bond donors (Lipinski definition) is 0. The van der Waals surface area contributed by atoms with E-state index in [1.165, 1.54) is 6.07 Å². The van der Waals surface area contributed by atoms with Crippen LogP contribution in [0.1, 0.15) is 35.7 Å². The number of aryl methyl sites for hydroxylation is 1. The highest BCUT2D eigenvalue weighted by atomic mass is 79.9. The summed E-state index contributed by atoms with van der Waals surface area (Å²) in [7, 11) is 0. The first-order valence-electron chi connectivity index (χ1n) is 6.37. The number of carbonyl (C=O) groups excluding carboxylic acids is 1. The minimum Gasteiger partial charge on any atom is -0.330 e. The van der Waals surface area contributed by atoms with Crippen molar-refractivity contribution in [2.75, 3.05) is 13.1 Å². The minimum absolute atomic E-state index is 0.106. The first-order chi connectivity index (χ1) is 9.26. The zero-order valence-electron chi connectivity index (χ0n) is 11.4. The summed E-state index contributed by atoms with van der Waals surface area (Å²) in [6.07, 6.45) is -3.11. The molecule has 0 spiro atoms. The van der Waals surface area contributed by atoms with Gasteiger partial charge in [0, 0.05) is 11.0 Å². The second-order valence-electron chi connectivity index (χ2n) is 4.63. The highest BCUT2D eigenvalue weighted by Crippen LogP contribution is 2.24. The van der Waals surface area contributed by atoms with E-state index in [4.69, 9.17) is 0 Å². The van der Waals surface area contributed by atoms with Gasteiger partial charge in [-0.15, -0.1) is 0 Å². The Kier molecular flexibility index (Phi) is 6.05. The molecule has 2 nitrogen and oxygen atoms in total. The zero-order chi connectivity index (χ0) is 15.3. The van der Waals surface area contributed by atoms with Gasteiger partial charge in [-0.25, -0.2) is 0 Å². The number of nitrogens with zero attached hydrogens (tertiary/aromatic N) is 1. The summed E-state index contributed by atoms with van der Waals surface area (Å²) in [6.45, 7) is 2.56. The molecule has 1 aromatic rings. The van der Waals surface area contributed by atoms with E-state index in [-0.39, 0.29) is 12.1 Å². The molecule has 1 rings (SSSR count). The van der Waals surface area contributed by atoms with Crippen LogP contribution in [0.2, 0.25) is 0 Å². The third kappa shape index (κ3) is 4.81. The molecule has 20 heavy (non-hydrogen) atoms. The number of hydrogen-bond acceptors (Lipinski definition) is 1. The van der Waals surface area contributed by atoms with E-state index in [1.54, 1.807) is 19.1 Å². The molecule has 0 N–H and O–H groups in total. The van der Waals surface area contributed by atoms with Crippen molar-refractivity contribution in [2.24, 2.45) is 0 Å². The van der Waals surface area contributed by atoms with E-state index in [1.807, 2.05) is 6.92 Å². The summed E-state index contributed by atoms with van der Waals surface area (Å²) in [5, 5.41) is 0. The van der Waals surface area contributed by atoms with Crippen molar-refractivity contribution in [2.45, 2.75) is 32.9 Å². The average molecular weight is 352 g/mol. The molecule has 0 heterocycles. The number of benzene rings is 1. The SMILES string of the molecule is CCCCN(CC(F)(F)F)C(=O)c1cccc(C)c1Br. The lowest BCUT2D eigenvalue weighted by Crippen LogP contribution is -2.39. The standard InChI is InChI=1S/C14H17BrF3NO/c1-3-4-8-19(9-14(16,17)18)13(20)11-7-5-6-10(2)12(11)15/h5-7H,3-4,8-9H2,1-2H3. The van der Waals surface area contributed by atoms with Crippen molar-refractivity contribution in [3.63, 3.8) is 0 Å². The van der Waals surface area contributed by atoms with Gasteiger partial charge in [-0.3, -0.25) is 4.79 Å². The first kappa shape index (κ1) is 17.0. The third-order valence-corrected chi connectivity index (χ3v) is 3.91. The fourth-order valence-corrected chi connectivity index (χ4v) is 2.23. The number of carbonyl (C=O) groups is 1. The summed E-state index contributed by atoms with van der Waals surface area (Å²) in [6, 6.07) is 4.99. The Bertz CT molecular complexity index is 474. The molecule has 0 aliphatic heterocycles. The Hall–Kier alpha value is -1.04. The van der Waals surface area contributed by atoms with Gasteiger partial charge >= 0.3 is 6.18 Å². The summed E-state index contributed by atoms with van der Waals surface area (Å²) in [5.74, 6) is -0.591. The van der Waals surface area contributed by atoms with Gasteiger partial charge < -0.3 is 4.90 Å². The highest BCUT2D eigenvalue weighted by molar-refractivity contribution is 9.10. The van der Waals surface area contributed by atoms with Gasteiger partial charge in [0.2, 0.25) is 0 Å². The normalized spacial score (nSPS) is 11.5. The molecule has 0 fully saturated rings. The molecule has 0 aromatic heterocycles. The van der Waals surface area contributed by atoms with Gasteiger partial charge in [-0.05, 0) is 40.9 Å². The molecule has 0 saturated heterocycles. The number of rotatable bonds is 5. The topological polar surface area (TPSA) is 20.3 Å². The Morgan fingerprint density at radius 1 is 1.35 bits per heavy atom. The largest absolute Gasteiger partial charge is 0.406 e. The second kappa shape index (κ2) is 7.11. The maximum Gasteiger partial charge on any atom is 0.406 e. The van der Waals surface area contributed by atoms with Crippen LogP contribution in [0.5, 0.6) is 0 Å². The Morgan fingerprint density at radius 3 is 2.55 bits per heavy atom. The Morgan fingerprint density at radius 2 is 2.00 bits per heavy atom. The van der Waals surface area contributed by atoms with Gasteiger partial charge in [-0.2, -0.15) is 13.2 Å². The van der Waals surface area contributed by atoms with Crippen LogP contribution >= 0.6 is 15.9 Å². The van der Waals surface area contributed by atoms with Gasteiger partial charge in [0.25, 0.3) is 5.91 Å². The maximum atomic E-state index is 12.6. The fraction of sp³-hybridized carbons (Fsp3) is 0.500. The van der Waals surface area contributed by atoms with Crippen molar-refractivity contribution < 1.29 is 18.0 Å². The monoisotopic (exact) mass is 351 g/mol. The lowest BCUT2D eigenvalue weighted by atomic mass is 10.1. The number of halogens is 4. The number of alkyl halides is 3. The third-order valence-electron chi connectivity index (χ3n) is 2.86. The van der Waals surface area contributed by atoms with E-state index in [2.05, 4.69) is 15.9 Å². The maximum absolute atomic E-state index is 12.6. The predicted molar refractivity (Wildman–Crippen MR) is 75.7 cm³/mol. The van der Waals surface area contributed by atoms with Crippen molar-refractivity contribution in [1.82, 2.24) is 4.90 Å². The lowest BCUT2D eigenvalue weighted by molar-refractivity contribution is -0.140. The molecule has 1 aromatic carbocycles. The average Bonchev–Trinajstić information content (AvgIpc) is 2.35.